The van der Waals surface area contributed by atoms with Gasteiger partial charge in [-0.3, -0.25) is 0 Å². The van der Waals surface area contributed by atoms with Crippen LogP contribution in [0.3, 0.4) is 0 Å². The summed E-state index contributed by atoms with van der Waals surface area (Å²) in [5.74, 6) is 1.48. The van der Waals surface area contributed by atoms with Crippen molar-refractivity contribution >= 4 is 39.0 Å². The Morgan fingerprint density at radius 3 is 2.60 bits per heavy atom. The van der Waals surface area contributed by atoms with Crippen LogP contribution in [0, 0.1) is 17.8 Å². The zero-order valence-electron chi connectivity index (χ0n) is 33.8. The van der Waals surface area contributed by atoms with Crippen LogP contribution in [0.25, 0.3) is 38.7 Å². The van der Waals surface area contributed by atoms with Gasteiger partial charge >= 0.3 is 0 Å². The van der Waals surface area contributed by atoms with E-state index >= 15 is 0 Å². The number of hydrogen-bond donors (Lipinski definition) is 1. The third-order valence-corrected chi connectivity index (χ3v) is 13.7. The van der Waals surface area contributed by atoms with Crippen LogP contribution < -0.4 is 10.2 Å². The van der Waals surface area contributed by atoms with E-state index in [1.54, 1.807) is 5.57 Å². The second-order valence-electron chi connectivity index (χ2n) is 17.0. The molecule has 5 unspecified atom stereocenters. The van der Waals surface area contributed by atoms with Crippen LogP contribution in [0.1, 0.15) is 63.0 Å². The number of anilines is 2. The van der Waals surface area contributed by atoms with Crippen molar-refractivity contribution in [3.8, 4) is 11.1 Å². The molecule has 288 valence electrons. The molecular formula is C56H54N2. The highest BCUT2D eigenvalue weighted by atomic mass is 15.2. The molecule has 5 aliphatic rings. The Labute approximate surface area is 345 Å². The first-order chi connectivity index (χ1) is 28.7. The van der Waals surface area contributed by atoms with E-state index in [1.807, 2.05) is 6.08 Å². The normalized spacial score (nSPS) is 23.9. The Balaban J connectivity index is 0.986. The number of para-hydroxylation sites is 1. The van der Waals surface area contributed by atoms with E-state index in [0.29, 0.717) is 29.8 Å². The highest BCUT2D eigenvalue weighted by molar-refractivity contribution is 6.13. The molecule has 2 heteroatoms. The lowest BCUT2D eigenvalue weighted by molar-refractivity contribution is 0.393. The fourth-order valence-corrected chi connectivity index (χ4v) is 10.9. The first-order valence-corrected chi connectivity index (χ1v) is 21.7. The summed E-state index contributed by atoms with van der Waals surface area (Å²) in [6.07, 6.45) is 34.7. The molecule has 1 fully saturated rings. The van der Waals surface area contributed by atoms with Gasteiger partial charge in [0.05, 0.1) is 6.04 Å². The van der Waals surface area contributed by atoms with Gasteiger partial charge in [-0.1, -0.05) is 140 Å². The number of allylic oxidation sites excluding steroid dienone is 12. The highest BCUT2D eigenvalue weighted by Crippen LogP contribution is 2.49. The van der Waals surface area contributed by atoms with Gasteiger partial charge in [0.2, 0.25) is 0 Å². The number of hydrogen-bond acceptors (Lipinski definition) is 2. The largest absolute Gasteiger partial charge is 0.361 e. The summed E-state index contributed by atoms with van der Waals surface area (Å²) in [6, 6.07) is 37.3. The minimum Gasteiger partial charge on any atom is -0.361 e. The Hall–Kier alpha value is -5.86. The molecular weight excluding hydrogens is 701 g/mol. The van der Waals surface area contributed by atoms with Crippen molar-refractivity contribution in [3.05, 3.63) is 198 Å². The molecule has 5 aromatic rings. The van der Waals surface area contributed by atoms with Crippen molar-refractivity contribution in [2.24, 2.45) is 17.8 Å². The molecule has 10 rings (SSSR count). The Kier molecular flexibility index (Phi) is 9.95. The number of nitrogens with zero attached hydrogens (tertiary/aromatic N) is 1. The smallest absolute Gasteiger partial charge is 0.0512 e. The van der Waals surface area contributed by atoms with Gasteiger partial charge in [0.1, 0.15) is 0 Å². The van der Waals surface area contributed by atoms with Crippen LogP contribution in [0.4, 0.5) is 11.4 Å². The van der Waals surface area contributed by atoms with Gasteiger partial charge < -0.3 is 10.2 Å². The first-order valence-electron chi connectivity index (χ1n) is 21.7. The van der Waals surface area contributed by atoms with Crippen LogP contribution >= 0.6 is 0 Å². The van der Waals surface area contributed by atoms with Crippen LogP contribution in [0.5, 0.6) is 0 Å². The minimum absolute atomic E-state index is 0.445. The van der Waals surface area contributed by atoms with Crippen molar-refractivity contribution < 1.29 is 0 Å². The molecule has 0 amide bonds. The Bertz CT molecular complexity index is 2610. The zero-order chi connectivity index (χ0) is 39.0. The molecule has 58 heavy (non-hydrogen) atoms. The Morgan fingerprint density at radius 1 is 0.828 bits per heavy atom. The van der Waals surface area contributed by atoms with Crippen molar-refractivity contribution in [1.29, 1.82) is 0 Å². The molecule has 1 heterocycles. The lowest BCUT2D eigenvalue weighted by atomic mass is 9.73. The number of nitrogens with one attached hydrogen (secondary N) is 1. The molecule has 0 aromatic heterocycles. The number of fused-ring (bicyclic) bond motifs is 8. The van der Waals surface area contributed by atoms with Crippen molar-refractivity contribution in [3.63, 3.8) is 0 Å². The lowest BCUT2D eigenvalue weighted by Crippen LogP contribution is -2.39. The molecule has 1 aliphatic heterocycles. The molecule has 1 N–H and O–H groups in total. The first kappa shape index (κ1) is 36.5. The third-order valence-electron chi connectivity index (χ3n) is 13.7. The fraction of sp³-hybridized carbons (Fsp3) is 0.250. The van der Waals surface area contributed by atoms with Crippen molar-refractivity contribution in [2.75, 3.05) is 10.2 Å². The summed E-state index contributed by atoms with van der Waals surface area (Å²) in [5, 5.41) is 9.38. The Morgan fingerprint density at radius 2 is 1.71 bits per heavy atom. The molecule has 2 nitrogen and oxygen atoms in total. The summed E-state index contributed by atoms with van der Waals surface area (Å²) in [5.41, 5.74) is 13.6. The lowest BCUT2D eigenvalue weighted by Gasteiger charge is -2.37. The van der Waals surface area contributed by atoms with Gasteiger partial charge in [-0.25, -0.2) is 0 Å². The number of benzene rings is 5. The molecule has 0 spiro atoms. The van der Waals surface area contributed by atoms with E-state index in [4.69, 9.17) is 0 Å². The quantitative estimate of drug-likeness (QED) is 0.0916. The minimum atomic E-state index is 0.445. The van der Waals surface area contributed by atoms with Gasteiger partial charge in [0.25, 0.3) is 0 Å². The van der Waals surface area contributed by atoms with E-state index in [2.05, 4.69) is 182 Å². The van der Waals surface area contributed by atoms with Gasteiger partial charge in [0.15, 0.2) is 0 Å². The molecule has 4 aliphatic carbocycles. The standard InChI is InChI=1S/C56H54N2/c1-3-5-16-38(4-2)33-43-29-28-41(40-31-32-55-52(35-40)49-24-13-14-26-54(49)58(55)46-20-7-6-8-21-46)37-53(43)57-45-19-15-18-42(34-45)51-36-44-30-27-39-17-9-10-22-47(39)56(44)50-25-12-11-23-48(50)51/h3-10,12-13,15-22,24-25,27-30,34-36,40-41,49,54-55,57H,2,11,14,23,26,31-33,37H2,1H3/b5-3-,38-16-. The SMILES string of the molecule is C=C/C(=C/C=C\C)CC1=C(Nc2cccc(-c3cc4ccc5ccccc5c4c4c3CCC=C4)c2)CC(C2C=C3C4C=CCCC4N(c4ccccc4)C3CC2)C=C1. The summed E-state index contributed by atoms with van der Waals surface area (Å²) in [4.78, 5) is 2.78. The maximum Gasteiger partial charge on any atom is 0.0512 e. The van der Waals surface area contributed by atoms with Gasteiger partial charge in [-0.15, -0.1) is 0 Å². The second-order valence-corrected chi connectivity index (χ2v) is 17.0. The third kappa shape index (κ3) is 6.73. The fourth-order valence-electron chi connectivity index (χ4n) is 10.9. The maximum absolute atomic E-state index is 4.20. The van der Waals surface area contributed by atoms with Gasteiger partial charge in [-0.05, 0) is 161 Å². The van der Waals surface area contributed by atoms with Gasteiger partial charge in [-0.2, -0.15) is 0 Å². The maximum atomic E-state index is 4.20. The van der Waals surface area contributed by atoms with Crippen LogP contribution in [0.15, 0.2) is 187 Å². The van der Waals surface area contributed by atoms with Crippen molar-refractivity contribution in [2.45, 2.75) is 70.4 Å². The molecule has 5 atom stereocenters. The van der Waals surface area contributed by atoms with Crippen molar-refractivity contribution in [1.82, 2.24) is 0 Å². The predicted octanol–water partition coefficient (Wildman–Crippen LogP) is 14.5. The highest BCUT2D eigenvalue weighted by Gasteiger charge is 2.46. The van der Waals surface area contributed by atoms with Gasteiger partial charge in [0, 0.05) is 29.0 Å². The average molecular weight is 755 g/mol. The zero-order valence-corrected chi connectivity index (χ0v) is 33.8. The van der Waals surface area contributed by atoms with E-state index in [-0.39, 0.29) is 0 Å². The van der Waals surface area contributed by atoms with Crippen LogP contribution in [0.2, 0.25) is 0 Å². The number of rotatable bonds is 9. The molecule has 0 radical (unpaired) electrons. The summed E-state index contributed by atoms with van der Waals surface area (Å²) in [7, 11) is 0. The molecule has 0 saturated carbocycles. The van der Waals surface area contributed by atoms with E-state index in [0.717, 1.165) is 31.4 Å². The summed E-state index contributed by atoms with van der Waals surface area (Å²) < 4.78 is 0. The summed E-state index contributed by atoms with van der Waals surface area (Å²) >= 11 is 0. The molecule has 5 aromatic carbocycles. The molecule has 0 bridgehead atoms. The monoisotopic (exact) mass is 754 g/mol. The second kappa shape index (κ2) is 15.8. The van der Waals surface area contributed by atoms with E-state index in [1.165, 1.54) is 92.0 Å². The molecule has 1 saturated heterocycles. The van der Waals surface area contributed by atoms with E-state index < -0.39 is 0 Å². The van der Waals surface area contributed by atoms with Crippen LogP contribution in [-0.4, -0.2) is 12.1 Å². The van der Waals surface area contributed by atoms with E-state index in [9.17, 15) is 0 Å². The summed E-state index contributed by atoms with van der Waals surface area (Å²) in [6.45, 7) is 6.27. The predicted molar refractivity (Wildman–Crippen MR) is 249 cm³/mol. The van der Waals surface area contributed by atoms with Crippen LogP contribution in [-0.2, 0) is 6.42 Å². The average Bonchev–Trinajstić information content (AvgIpc) is 3.62. The topological polar surface area (TPSA) is 15.3 Å².